The highest BCUT2D eigenvalue weighted by atomic mass is 32.1. The minimum Gasteiger partial charge on any atom is -0.428 e. The maximum atomic E-state index is 11.8. The van der Waals surface area contributed by atoms with E-state index in [0.29, 0.717) is 10.9 Å². The number of hydrogen-bond acceptors (Lipinski definition) is 7. The van der Waals surface area contributed by atoms with Crippen LogP contribution >= 0.6 is 11.3 Å². The number of hydrogen-bond donors (Lipinski definition) is 1. The van der Waals surface area contributed by atoms with Crippen LogP contribution in [-0.4, -0.2) is 40.6 Å². The van der Waals surface area contributed by atoms with Crippen molar-refractivity contribution in [1.29, 1.82) is 0 Å². The third-order valence-corrected chi connectivity index (χ3v) is 5.45. The topological polar surface area (TPSA) is 80.8 Å². The largest absolute Gasteiger partial charge is 0.514 e. The fourth-order valence-corrected chi connectivity index (χ4v) is 4.09. The number of likely N-dealkylation sites (tertiary alicyclic amines) is 1. The number of amides is 1. The van der Waals surface area contributed by atoms with E-state index in [1.165, 1.54) is 23.8 Å². The van der Waals surface area contributed by atoms with Crippen molar-refractivity contribution in [2.24, 2.45) is 0 Å². The van der Waals surface area contributed by atoms with Crippen LogP contribution in [0, 0.1) is 0 Å². The molecule has 1 aliphatic rings. The van der Waals surface area contributed by atoms with Crippen molar-refractivity contribution < 1.29 is 19.1 Å². The summed E-state index contributed by atoms with van der Waals surface area (Å²) in [6.45, 7) is 9.71. The summed E-state index contributed by atoms with van der Waals surface area (Å²) < 4.78 is 10.4. The van der Waals surface area contributed by atoms with E-state index in [1.807, 2.05) is 18.3 Å². The van der Waals surface area contributed by atoms with Gasteiger partial charge in [-0.1, -0.05) is 23.8 Å². The third kappa shape index (κ3) is 7.80. The molecule has 2 aromatic rings. The second kappa shape index (κ2) is 10.1. The van der Waals surface area contributed by atoms with Gasteiger partial charge in [0.2, 0.25) is 5.91 Å². The zero-order valence-corrected chi connectivity index (χ0v) is 19.3. The maximum Gasteiger partial charge on any atom is 0.514 e. The van der Waals surface area contributed by atoms with Crippen LogP contribution in [0.5, 0.6) is 5.75 Å². The average Bonchev–Trinajstić information content (AvgIpc) is 3.09. The van der Waals surface area contributed by atoms with Crippen LogP contribution in [-0.2, 0) is 16.1 Å². The number of carbonyl (C=O) groups excluding carboxylic acids is 2. The Morgan fingerprint density at radius 3 is 2.48 bits per heavy atom. The van der Waals surface area contributed by atoms with Gasteiger partial charge in [-0.2, -0.15) is 0 Å². The van der Waals surface area contributed by atoms with Crippen LogP contribution in [0.3, 0.4) is 0 Å². The van der Waals surface area contributed by atoms with Gasteiger partial charge >= 0.3 is 6.16 Å². The van der Waals surface area contributed by atoms with E-state index >= 15 is 0 Å². The third-order valence-electron chi connectivity index (χ3n) is 4.56. The van der Waals surface area contributed by atoms with Crippen molar-refractivity contribution in [3.63, 3.8) is 0 Å². The van der Waals surface area contributed by atoms with Gasteiger partial charge in [0, 0.05) is 37.6 Å². The first-order chi connectivity index (χ1) is 14.7. The number of anilines is 1. The Bertz CT molecular complexity index is 934. The van der Waals surface area contributed by atoms with Crippen molar-refractivity contribution in [2.45, 2.75) is 52.7 Å². The molecule has 0 radical (unpaired) electrons. The van der Waals surface area contributed by atoms with Crippen LogP contribution in [0.2, 0.25) is 0 Å². The lowest BCUT2D eigenvalue weighted by atomic mass is 10.0. The minimum absolute atomic E-state index is 0.0990. The smallest absolute Gasteiger partial charge is 0.428 e. The van der Waals surface area contributed by atoms with Gasteiger partial charge in [0.25, 0.3) is 0 Å². The lowest BCUT2D eigenvalue weighted by Gasteiger charge is -2.27. The fourth-order valence-electron chi connectivity index (χ4n) is 3.19. The Kier molecular flexibility index (Phi) is 7.46. The van der Waals surface area contributed by atoms with Crippen LogP contribution in [0.1, 0.15) is 51.0 Å². The number of ether oxygens (including phenoxy) is 2. The highest BCUT2D eigenvalue weighted by molar-refractivity contribution is 7.15. The van der Waals surface area contributed by atoms with Gasteiger partial charge < -0.3 is 14.8 Å². The van der Waals surface area contributed by atoms with Crippen LogP contribution in [0.4, 0.5) is 9.93 Å². The van der Waals surface area contributed by atoms with Gasteiger partial charge in [0.15, 0.2) is 5.13 Å². The summed E-state index contributed by atoms with van der Waals surface area (Å²) in [5, 5.41) is 3.38. The molecular formula is C23H29N3O4S. The van der Waals surface area contributed by atoms with Gasteiger partial charge in [0.05, 0.1) is 0 Å². The van der Waals surface area contributed by atoms with Gasteiger partial charge in [-0.05, 0) is 51.3 Å². The molecule has 1 N–H and O–H groups in total. The van der Waals surface area contributed by atoms with Gasteiger partial charge in [0.1, 0.15) is 11.4 Å². The Hall–Kier alpha value is -2.71. The number of nitrogens with one attached hydrogen (secondary N) is 1. The van der Waals surface area contributed by atoms with E-state index in [-0.39, 0.29) is 5.91 Å². The van der Waals surface area contributed by atoms with Crippen LogP contribution in [0.25, 0.3) is 6.08 Å². The Morgan fingerprint density at radius 1 is 1.19 bits per heavy atom. The van der Waals surface area contributed by atoms with Crippen molar-refractivity contribution in [3.8, 4) is 5.75 Å². The summed E-state index contributed by atoms with van der Waals surface area (Å²) in [4.78, 5) is 30.7. The molecule has 2 heterocycles. The molecule has 1 aliphatic heterocycles. The van der Waals surface area contributed by atoms with E-state index in [1.54, 1.807) is 32.9 Å². The monoisotopic (exact) mass is 443 g/mol. The summed E-state index contributed by atoms with van der Waals surface area (Å²) in [5.41, 5.74) is 1.91. The zero-order chi connectivity index (χ0) is 22.4. The Morgan fingerprint density at radius 2 is 1.87 bits per heavy atom. The minimum atomic E-state index is -0.698. The molecule has 1 aromatic heterocycles. The highest BCUT2D eigenvalue weighted by Gasteiger charge is 2.18. The SMILES string of the molecule is CC(=O)Nc1ncc(CN2CCC(=Cc3ccc(OC(=O)OC(C)(C)C)cc3)CC2)s1. The number of benzene rings is 1. The number of rotatable bonds is 5. The van der Waals surface area contributed by atoms with Gasteiger partial charge in [-0.3, -0.25) is 9.69 Å². The predicted octanol–water partition coefficient (Wildman–Crippen LogP) is 5.09. The molecule has 7 nitrogen and oxygen atoms in total. The average molecular weight is 444 g/mol. The van der Waals surface area contributed by atoms with Gasteiger partial charge in [-0.25, -0.2) is 9.78 Å². The van der Waals surface area contributed by atoms with Crippen molar-refractivity contribution >= 4 is 34.6 Å². The normalized spacial score (nSPS) is 14.8. The molecular weight excluding hydrogens is 414 g/mol. The van der Waals surface area contributed by atoms with Crippen molar-refractivity contribution in [1.82, 2.24) is 9.88 Å². The summed E-state index contributed by atoms with van der Waals surface area (Å²) in [5.74, 6) is 0.368. The van der Waals surface area contributed by atoms with E-state index in [4.69, 9.17) is 9.47 Å². The zero-order valence-electron chi connectivity index (χ0n) is 18.4. The molecule has 0 spiro atoms. The van der Waals surface area contributed by atoms with Crippen LogP contribution in [0.15, 0.2) is 36.0 Å². The maximum absolute atomic E-state index is 11.8. The molecule has 1 aromatic carbocycles. The number of nitrogens with zero attached hydrogens (tertiary/aromatic N) is 2. The molecule has 0 atom stereocenters. The molecule has 0 saturated carbocycles. The van der Waals surface area contributed by atoms with Gasteiger partial charge in [-0.15, -0.1) is 11.3 Å². The molecule has 1 fully saturated rings. The fraction of sp³-hybridized carbons (Fsp3) is 0.435. The van der Waals surface area contributed by atoms with Crippen molar-refractivity contribution in [3.05, 3.63) is 46.5 Å². The van der Waals surface area contributed by atoms with E-state index in [0.717, 1.165) is 42.9 Å². The number of thiazole rings is 1. The quantitative estimate of drug-likeness (QED) is 0.512. The second-order valence-corrected chi connectivity index (χ2v) is 9.64. The van der Waals surface area contributed by atoms with E-state index < -0.39 is 11.8 Å². The highest BCUT2D eigenvalue weighted by Crippen LogP contribution is 2.25. The summed E-state index contributed by atoms with van der Waals surface area (Å²) >= 11 is 1.52. The summed E-state index contributed by atoms with van der Waals surface area (Å²) in [6.07, 6.45) is 5.36. The molecule has 0 unspecified atom stereocenters. The first kappa shape index (κ1) is 23.0. The molecule has 0 bridgehead atoms. The first-order valence-corrected chi connectivity index (χ1v) is 11.1. The van der Waals surface area contributed by atoms with E-state index in [2.05, 4.69) is 21.3 Å². The lowest BCUT2D eigenvalue weighted by molar-refractivity contribution is -0.114. The molecule has 1 saturated heterocycles. The predicted molar refractivity (Wildman–Crippen MR) is 122 cm³/mol. The second-order valence-electron chi connectivity index (χ2n) is 8.53. The number of carbonyl (C=O) groups is 2. The molecule has 1 amide bonds. The van der Waals surface area contributed by atoms with Crippen molar-refractivity contribution in [2.75, 3.05) is 18.4 Å². The molecule has 166 valence electrons. The standard InChI is InChI=1S/C23H29N3O4S/c1-16(27)25-21-24-14-20(31-21)15-26-11-9-18(10-12-26)13-17-5-7-19(8-6-17)29-22(28)30-23(2,3)4/h5-8,13-14H,9-12,15H2,1-4H3,(H,24,25,27). The number of aromatic nitrogens is 1. The lowest BCUT2D eigenvalue weighted by Crippen LogP contribution is -2.29. The molecule has 0 aliphatic carbocycles. The molecule has 8 heteroatoms. The molecule has 31 heavy (non-hydrogen) atoms. The number of piperidine rings is 1. The van der Waals surface area contributed by atoms with E-state index in [9.17, 15) is 9.59 Å². The summed E-state index contributed by atoms with van der Waals surface area (Å²) in [6, 6.07) is 7.45. The van der Waals surface area contributed by atoms with Crippen LogP contribution < -0.4 is 10.1 Å². The first-order valence-electron chi connectivity index (χ1n) is 10.3. The summed E-state index contributed by atoms with van der Waals surface area (Å²) in [7, 11) is 0. The Balaban J connectivity index is 1.48. The Labute approximate surface area is 187 Å². The molecule has 3 rings (SSSR count).